The van der Waals surface area contributed by atoms with Gasteiger partial charge in [-0.3, -0.25) is 4.98 Å². The normalized spacial score (nSPS) is 23.8. The first-order valence-electron chi connectivity index (χ1n) is 7.05. The number of nitrogens with one attached hydrogen (secondary N) is 1. The standard InChI is InChI=1S/C16H21N3/c1-12-11-19(9-7-15(12)17-2)14-5-6-16-13(10-14)4-3-8-18-16/h3-6,8,10,12,15,17H,7,9,11H2,1-2H3. The summed E-state index contributed by atoms with van der Waals surface area (Å²) >= 11 is 0. The molecule has 2 aromatic rings. The molecule has 3 heteroatoms. The summed E-state index contributed by atoms with van der Waals surface area (Å²) in [6.45, 7) is 4.58. The molecule has 0 bridgehead atoms. The minimum atomic E-state index is 0.651. The average Bonchev–Trinajstić information content (AvgIpc) is 2.46. The molecule has 1 aliphatic rings. The maximum absolute atomic E-state index is 4.38. The molecule has 0 aliphatic carbocycles. The Morgan fingerprint density at radius 2 is 2.21 bits per heavy atom. The third-order valence-electron chi connectivity index (χ3n) is 4.23. The monoisotopic (exact) mass is 255 g/mol. The third-order valence-corrected chi connectivity index (χ3v) is 4.23. The van der Waals surface area contributed by atoms with Gasteiger partial charge in [-0.25, -0.2) is 0 Å². The summed E-state index contributed by atoms with van der Waals surface area (Å²) in [6.07, 6.45) is 3.06. The predicted octanol–water partition coefficient (Wildman–Crippen LogP) is 2.67. The van der Waals surface area contributed by atoms with Crippen LogP contribution in [0.25, 0.3) is 10.9 Å². The van der Waals surface area contributed by atoms with Crippen molar-refractivity contribution in [3.8, 4) is 0 Å². The van der Waals surface area contributed by atoms with Gasteiger partial charge >= 0.3 is 0 Å². The molecule has 2 heterocycles. The lowest BCUT2D eigenvalue weighted by Crippen LogP contribution is -2.47. The highest BCUT2D eigenvalue weighted by Gasteiger charge is 2.24. The van der Waals surface area contributed by atoms with Gasteiger partial charge in [0.15, 0.2) is 0 Å². The van der Waals surface area contributed by atoms with E-state index in [4.69, 9.17) is 0 Å². The molecular weight excluding hydrogens is 234 g/mol. The van der Waals surface area contributed by atoms with Crippen LogP contribution in [-0.2, 0) is 0 Å². The van der Waals surface area contributed by atoms with E-state index in [0.29, 0.717) is 12.0 Å². The van der Waals surface area contributed by atoms with Crippen LogP contribution in [0.5, 0.6) is 0 Å². The molecule has 0 radical (unpaired) electrons. The van der Waals surface area contributed by atoms with Crippen molar-refractivity contribution in [1.29, 1.82) is 0 Å². The Labute approximate surface area is 114 Å². The molecule has 1 saturated heterocycles. The number of hydrogen-bond acceptors (Lipinski definition) is 3. The number of hydrogen-bond donors (Lipinski definition) is 1. The molecule has 1 aromatic heterocycles. The van der Waals surface area contributed by atoms with Gasteiger partial charge in [-0.05, 0) is 43.7 Å². The van der Waals surface area contributed by atoms with E-state index in [0.717, 1.165) is 18.6 Å². The second-order valence-corrected chi connectivity index (χ2v) is 5.49. The molecule has 0 amide bonds. The van der Waals surface area contributed by atoms with E-state index in [1.165, 1.54) is 17.5 Å². The molecule has 1 aromatic carbocycles. The Balaban J connectivity index is 1.84. The average molecular weight is 255 g/mol. The highest BCUT2D eigenvalue weighted by molar-refractivity contribution is 5.82. The predicted molar refractivity (Wildman–Crippen MR) is 80.6 cm³/mol. The SMILES string of the molecule is CNC1CCN(c2ccc3ncccc3c2)CC1C. The van der Waals surface area contributed by atoms with Crippen LogP contribution in [0.1, 0.15) is 13.3 Å². The first-order valence-corrected chi connectivity index (χ1v) is 7.05. The number of fused-ring (bicyclic) bond motifs is 1. The van der Waals surface area contributed by atoms with Crippen LogP contribution in [0.3, 0.4) is 0 Å². The van der Waals surface area contributed by atoms with Crippen molar-refractivity contribution in [2.45, 2.75) is 19.4 Å². The fraction of sp³-hybridized carbons (Fsp3) is 0.438. The molecule has 0 spiro atoms. The smallest absolute Gasteiger partial charge is 0.0703 e. The summed E-state index contributed by atoms with van der Waals surface area (Å²) < 4.78 is 0. The van der Waals surface area contributed by atoms with Crippen molar-refractivity contribution in [3.05, 3.63) is 36.5 Å². The van der Waals surface area contributed by atoms with Gasteiger partial charge in [0.1, 0.15) is 0 Å². The van der Waals surface area contributed by atoms with E-state index in [1.54, 1.807) is 0 Å². The molecule has 2 unspecified atom stereocenters. The minimum absolute atomic E-state index is 0.651. The maximum Gasteiger partial charge on any atom is 0.0703 e. The first kappa shape index (κ1) is 12.4. The van der Waals surface area contributed by atoms with Gasteiger partial charge in [0, 0.05) is 36.4 Å². The van der Waals surface area contributed by atoms with Gasteiger partial charge in [-0.2, -0.15) is 0 Å². The number of aromatic nitrogens is 1. The Hall–Kier alpha value is -1.61. The molecule has 3 rings (SSSR count). The molecule has 3 nitrogen and oxygen atoms in total. The van der Waals surface area contributed by atoms with Crippen LogP contribution in [0.4, 0.5) is 5.69 Å². The fourth-order valence-corrected chi connectivity index (χ4v) is 3.07. The molecule has 1 N–H and O–H groups in total. The van der Waals surface area contributed by atoms with E-state index in [1.807, 2.05) is 12.3 Å². The van der Waals surface area contributed by atoms with Crippen molar-refractivity contribution in [3.63, 3.8) is 0 Å². The fourth-order valence-electron chi connectivity index (χ4n) is 3.07. The van der Waals surface area contributed by atoms with Crippen LogP contribution < -0.4 is 10.2 Å². The Kier molecular flexibility index (Phi) is 3.38. The first-order chi connectivity index (χ1) is 9.28. The summed E-state index contributed by atoms with van der Waals surface area (Å²) in [6, 6.07) is 11.4. The van der Waals surface area contributed by atoms with E-state index in [2.05, 4.69) is 53.4 Å². The lowest BCUT2D eigenvalue weighted by Gasteiger charge is -2.38. The van der Waals surface area contributed by atoms with Crippen molar-refractivity contribution in [1.82, 2.24) is 10.3 Å². The highest BCUT2D eigenvalue weighted by atomic mass is 15.2. The lowest BCUT2D eigenvalue weighted by atomic mass is 9.93. The van der Waals surface area contributed by atoms with Gasteiger partial charge in [0.05, 0.1) is 5.52 Å². The third kappa shape index (κ3) is 2.43. The van der Waals surface area contributed by atoms with Gasteiger partial charge in [0.2, 0.25) is 0 Å². The van der Waals surface area contributed by atoms with E-state index >= 15 is 0 Å². The number of piperidine rings is 1. The Bertz CT molecular complexity index is 567. The van der Waals surface area contributed by atoms with Crippen molar-refractivity contribution in [2.24, 2.45) is 5.92 Å². The lowest BCUT2D eigenvalue weighted by molar-refractivity contribution is 0.339. The maximum atomic E-state index is 4.38. The minimum Gasteiger partial charge on any atom is -0.371 e. The number of rotatable bonds is 2. The van der Waals surface area contributed by atoms with E-state index in [-0.39, 0.29) is 0 Å². The molecule has 2 atom stereocenters. The Morgan fingerprint density at radius 1 is 1.32 bits per heavy atom. The van der Waals surface area contributed by atoms with Crippen LogP contribution in [0, 0.1) is 5.92 Å². The molecule has 100 valence electrons. The van der Waals surface area contributed by atoms with E-state index < -0.39 is 0 Å². The topological polar surface area (TPSA) is 28.2 Å². The highest BCUT2D eigenvalue weighted by Crippen LogP contribution is 2.25. The second-order valence-electron chi connectivity index (χ2n) is 5.49. The zero-order valence-electron chi connectivity index (χ0n) is 11.6. The number of benzene rings is 1. The summed E-state index contributed by atoms with van der Waals surface area (Å²) in [5.41, 5.74) is 2.39. The summed E-state index contributed by atoms with van der Waals surface area (Å²) in [7, 11) is 2.07. The number of anilines is 1. The largest absolute Gasteiger partial charge is 0.371 e. The van der Waals surface area contributed by atoms with Gasteiger partial charge in [-0.15, -0.1) is 0 Å². The van der Waals surface area contributed by atoms with Gasteiger partial charge < -0.3 is 10.2 Å². The van der Waals surface area contributed by atoms with E-state index in [9.17, 15) is 0 Å². The molecule has 19 heavy (non-hydrogen) atoms. The van der Waals surface area contributed by atoms with Crippen LogP contribution >= 0.6 is 0 Å². The molecular formula is C16H21N3. The zero-order chi connectivity index (χ0) is 13.2. The number of nitrogens with zero attached hydrogens (tertiary/aromatic N) is 2. The van der Waals surface area contributed by atoms with Crippen molar-refractivity contribution in [2.75, 3.05) is 25.0 Å². The quantitative estimate of drug-likeness (QED) is 0.894. The molecule has 1 aliphatic heterocycles. The Morgan fingerprint density at radius 3 is 3.00 bits per heavy atom. The summed E-state index contributed by atoms with van der Waals surface area (Å²) in [5.74, 6) is 0.684. The van der Waals surface area contributed by atoms with Crippen LogP contribution in [0.15, 0.2) is 36.5 Å². The summed E-state index contributed by atoms with van der Waals surface area (Å²) in [4.78, 5) is 6.87. The van der Waals surface area contributed by atoms with Crippen molar-refractivity contribution < 1.29 is 0 Å². The molecule has 0 saturated carbocycles. The zero-order valence-corrected chi connectivity index (χ0v) is 11.6. The second kappa shape index (κ2) is 5.17. The number of pyridine rings is 1. The summed E-state index contributed by atoms with van der Waals surface area (Å²) in [5, 5.41) is 4.64. The van der Waals surface area contributed by atoms with Gasteiger partial charge in [-0.1, -0.05) is 13.0 Å². The van der Waals surface area contributed by atoms with Crippen molar-refractivity contribution >= 4 is 16.6 Å². The molecule has 1 fully saturated rings. The van der Waals surface area contributed by atoms with Crippen LogP contribution in [-0.4, -0.2) is 31.2 Å². The van der Waals surface area contributed by atoms with Crippen LogP contribution in [0.2, 0.25) is 0 Å². The van der Waals surface area contributed by atoms with Gasteiger partial charge in [0.25, 0.3) is 0 Å².